The van der Waals surface area contributed by atoms with Crippen molar-refractivity contribution in [1.82, 2.24) is 0 Å². The number of Topliss-reactive ketones (excluding diaryl/α,β-unsaturated/α-hetero) is 3. The molecule has 3 rings (SSSR count). The van der Waals surface area contributed by atoms with Gasteiger partial charge in [-0.1, -0.05) is 11.6 Å². The van der Waals surface area contributed by atoms with Crippen LogP contribution in [-0.4, -0.2) is 36.6 Å². The molecule has 0 aromatic heterocycles. The van der Waals surface area contributed by atoms with Crippen molar-refractivity contribution in [1.29, 1.82) is 0 Å². The van der Waals surface area contributed by atoms with Crippen molar-refractivity contribution in [2.45, 2.75) is 42.1 Å². The highest BCUT2D eigenvalue weighted by molar-refractivity contribution is 8.13. The molecule has 5 nitrogen and oxygen atoms in total. The van der Waals surface area contributed by atoms with Gasteiger partial charge in [0, 0.05) is 24.8 Å². The van der Waals surface area contributed by atoms with Gasteiger partial charge in [-0.25, -0.2) is 8.42 Å². The van der Waals surface area contributed by atoms with Crippen LogP contribution < -0.4 is 0 Å². The number of carbonyl (C=O) groups excluding carboxylic acids is 3. The smallest absolute Gasteiger partial charge is 0.191 e. The third kappa shape index (κ3) is 2.86. The summed E-state index contributed by atoms with van der Waals surface area (Å²) in [5.41, 5.74) is 0.915. The normalized spacial score (nSPS) is 22.9. The Morgan fingerprint density at radius 1 is 1.24 bits per heavy atom. The number of fused-ring (bicyclic) bond motifs is 1. The summed E-state index contributed by atoms with van der Waals surface area (Å²) in [6.45, 7) is 1.61. The molecule has 1 unspecified atom stereocenters. The lowest BCUT2D eigenvalue weighted by molar-refractivity contribution is -0.133. The zero-order chi connectivity index (χ0) is 18.5. The van der Waals surface area contributed by atoms with E-state index in [4.69, 9.17) is 11.6 Å². The predicted octanol–water partition coefficient (Wildman–Crippen LogP) is 2.79. The molecule has 25 heavy (non-hydrogen) atoms. The molecule has 1 saturated carbocycles. The molecule has 134 valence electrons. The molecular weight excluding hydrogens is 384 g/mol. The molecule has 1 heterocycles. The second kappa shape index (κ2) is 6.52. The number of carbonyl (C=O) groups is 3. The average Bonchev–Trinajstić information content (AvgIpc) is 2.82. The number of hydrogen-bond donors (Lipinski definition) is 0. The second-order valence-corrected chi connectivity index (χ2v) is 10.1. The van der Waals surface area contributed by atoms with E-state index >= 15 is 0 Å². The van der Waals surface area contributed by atoms with E-state index in [2.05, 4.69) is 0 Å². The van der Waals surface area contributed by atoms with Crippen LogP contribution in [0.5, 0.6) is 0 Å². The van der Waals surface area contributed by atoms with Gasteiger partial charge in [0.05, 0.1) is 9.92 Å². The summed E-state index contributed by atoms with van der Waals surface area (Å²) >= 11 is 7.58. The molecule has 1 aliphatic carbocycles. The van der Waals surface area contributed by atoms with Crippen LogP contribution in [0.2, 0.25) is 5.02 Å². The lowest BCUT2D eigenvalue weighted by Crippen LogP contribution is -2.35. The maximum atomic E-state index is 12.8. The quantitative estimate of drug-likeness (QED) is 0.572. The average molecular weight is 401 g/mol. The van der Waals surface area contributed by atoms with E-state index < -0.39 is 26.1 Å². The number of sulfone groups is 1. The Kier molecular flexibility index (Phi) is 4.85. The van der Waals surface area contributed by atoms with Crippen molar-refractivity contribution in [2.24, 2.45) is 5.92 Å². The minimum absolute atomic E-state index is 0.0527. The molecule has 0 N–H and O–H groups in total. The molecule has 2 aliphatic rings. The summed E-state index contributed by atoms with van der Waals surface area (Å²) < 4.78 is 24.6. The van der Waals surface area contributed by atoms with Crippen molar-refractivity contribution < 1.29 is 22.8 Å². The minimum atomic E-state index is -3.51. The third-order valence-corrected chi connectivity index (χ3v) is 9.23. The monoisotopic (exact) mass is 400 g/mol. The number of rotatable bonds is 3. The van der Waals surface area contributed by atoms with Gasteiger partial charge >= 0.3 is 0 Å². The van der Waals surface area contributed by atoms with Crippen LogP contribution in [0.3, 0.4) is 0 Å². The molecule has 1 aromatic carbocycles. The van der Waals surface area contributed by atoms with Gasteiger partial charge in [0.25, 0.3) is 0 Å². The molecule has 0 saturated heterocycles. The zero-order valence-corrected chi connectivity index (χ0v) is 16.2. The fourth-order valence-corrected chi connectivity index (χ4v) is 7.27. The van der Waals surface area contributed by atoms with E-state index in [0.29, 0.717) is 17.5 Å². The molecule has 1 aromatic rings. The number of benzene rings is 1. The molecule has 0 bridgehead atoms. The largest absolute Gasteiger partial charge is 0.298 e. The molecular formula is C17H17ClO5S2. The summed E-state index contributed by atoms with van der Waals surface area (Å²) in [6.07, 6.45) is 2.79. The Labute approximate surface area is 155 Å². The number of hydrogen-bond acceptors (Lipinski definition) is 6. The van der Waals surface area contributed by atoms with E-state index in [0.717, 1.165) is 0 Å². The predicted molar refractivity (Wildman–Crippen MR) is 96.1 cm³/mol. The van der Waals surface area contributed by atoms with Gasteiger partial charge in [-0.15, -0.1) is 11.8 Å². The third-order valence-electron chi connectivity index (χ3n) is 4.78. The Hall–Kier alpha value is -1.18. The van der Waals surface area contributed by atoms with Gasteiger partial charge in [0.1, 0.15) is 10.5 Å². The van der Waals surface area contributed by atoms with E-state index in [9.17, 15) is 22.8 Å². The topological polar surface area (TPSA) is 85.3 Å². The molecule has 0 spiro atoms. The minimum Gasteiger partial charge on any atom is -0.298 e. The Bertz CT molecular complexity index is 888. The number of ketones is 3. The summed E-state index contributed by atoms with van der Waals surface area (Å²) in [6, 6.07) is 1.40. The summed E-state index contributed by atoms with van der Waals surface area (Å²) in [7, 11) is -3.51. The summed E-state index contributed by atoms with van der Waals surface area (Å²) in [5, 5.41) is 0.0527. The zero-order valence-electron chi connectivity index (χ0n) is 13.8. The van der Waals surface area contributed by atoms with Crippen LogP contribution in [-0.2, 0) is 25.8 Å². The van der Waals surface area contributed by atoms with Crippen LogP contribution in [0.1, 0.15) is 40.7 Å². The maximum Gasteiger partial charge on any atom is 0.191 e. The van der Waals surface area contributed by atoms with Crippen LogP contribution in [0.15, 0.2) is 11.0 Å². The highest BCUT2D eigenvalue weighted by Crippen LogP contribution is 2.43. The van der Waals surface area contributed by atoms with E-state index in [-0.39, 0.29) is 46.3 Å². The van der Waals surface area contributed by atoms with Crippen LogP contribution in [0.25, 0.3) is 0 Å². The van der Waals surface area contributed by atoms with Gasteiger partial charge in [-0.05, 0) is 36.8 Å². The summed E-state index contributed by atoms with van der Waals surface area (Å²) in [5.74, 6) is -2.69. The van der Waals surface area contributed by atoms with Crippen molar-refractivity contribution in [2.75, 3.05) is 6.26 Å². The highest BCUT2D eigenvalue weighted by Gasteiger charge is 2.42. The standard InChI is InChI=1S/C17H17ClO5S2/c1-8-6-9(16(21)14-11(19)4-3-5-12(14)20)15(18)10-7-13(24-2)25(22,23)17(8)10/h6,13-14H,3-5,7H2,1-2H3. The van der Waals surface area contributed by atoms with Crippen molar-refractivity contribution in [3.05, 3.63) is 27.8 Å². The first-order chi connectivity index (χ1) is 11.7. The van der Waals surface area contributed by atoms with Gasteiger partial charge in [0.2, 0.25) is 0 Å². The Morgan fingerprint density at radius 2 is 1.84 bits per heavy atom. The van der Waals surface area contributed by atoms with Crippen LogP contribution >= 0.6 is 23.4 Å². The molecule has 1 fully saturated rings. The van der Waals surface area contributed by atoms with Gasteiger partial charge in [-0.3, -0.25) is 14.4 Å². The molecule has 1 aliphatic heterocycles. The molecule has 1 atom stereocenters. The molecule has 8 heteroatoms. The number of aryl methyl sites for hydroxylation is 1. The first-order valence-corrected chi connectivity index (χ1v) is 11.1. The van der Waals surface area contributed by atoms with Crippen molar-refractivity contribution in [3.8, 4) is 0 Å². The molecule has 0 amide bonds. The highest BCUT2D eigenvalue weighted by atomic mass is 35.5. The first-order valence-electron chi connectivity index (χ1n) is 7.88. The lowest BCUT2D eigenvalue weighted by atomic mass is 9.81. The fourth-order valence-electron chi connectivity index (χ4n) is 3.57. The van der Waals surface area contributed by atoms with Gasteiger partial charge in [-0.2, -0.15) is 0 Å². The SMILES string of the molecule is CSC1Cc2c(Cl)c(C(=O)C3C(=O)CCCC3=O)cc(C)c2S1(=O)=O. The van der Waals surface area contributed by atoms with E-state index in [1.165, 1.54) is 17.8 Å². The van der Waals surface area contributed by atoms with Crippen molar-refractivity contribution in [3.63, 3.8) is 0 Å². The lowest BCUT2D eigenvalue weighted by Gasteiger charge is -2.19. The van der Waals surface area contributed by atoms with Crippen molar-refractivity contribution >= 4 is 50.5 Å². The van der Waals surface area contributed by atoms with E-state index in [1.807, 2.05) is 0 Å². The van der Waals surface area contributed by atoms with Crippen LogP contribution in [0.4, 0.5) is 0 Å². The fraction of sp³-hybridized carbons (Fsp3) is 0.471. The maximum absolute atomic E-state index is 12.8. The summed E-state index contributed by atoms with van der Waals surface area (Å²) in [4.78, 5) is 37.1. The first kappa shape index (κ1) is 18.6. The molecule has 0 radical (unpaired) electrons. The Morgan fingerprint density at radius 3 is 2.40 bits per heavy atom. The van der Waals surface area contributed by atoms with Gasteiger partial charge < -0.3 is 0 Å². The van der Waals surface area contributed by atoms with E-state index in [1.54, 1.807) is 13.2 Å². The van der Waals surface area contributed by atoms with Crippen LogP contribution in [0, 0.1) is 12.8 Å². The van der Waals surface area contributed by atoms with Gasteiger partial charge in [0.15, 0.2) is 27.2 Å². The number of thioether (sulfide) groups is 1. The second-order valence-electron chi connectivity index (χ2n) is 6.36. The Balaban J connectivity index is 2.12. The number of halogens is 1.